The first-order valence-corrected chi connectivity index (χ1v) is 7.18. The van der Waals surface area contributed by atoms with Crippen molar-refractivity contribution in [3.63, 3.8) is 0 Å². The minimum absolute atomic E-state index is 0.272. The Morgan fingerprint density at radius 1 is 1.44 bits per heavy atom. The summed E-state index contributed by atoms with van der Waals surface area (Å²) in [4.78, 5) is 11.1. The van der Waals surface area contributed by atoms with Crippen LogP contribution in [0.25, 0.3) is 0 Å². The topological polar surface area (TPSA) is 34.9 Å². The molecule has 1 atom stereocenters. The number of carbonyl (C=O) groups excluding carboxylic acids is 1. The van der Waals surface area contributed by atoms with E-state index in [2.05, 4.69) is 29.0 Å². The van der Waals surface area contributed by atoms with Gasteiger partial charge in [-0.05, 0) is 38.2 Å². The van der Waals surface area contributed by atoms with E-state index in [1.165, 1.54) is 32.1 Å². The first-order valence-electron chi connectivity index (χ1n) is 7.18. The Bertz CT molecular complexity index is 391. The summed E-state index contributed by atoms with van der Waals surface area (Å²) in [5, 5.41) is 4.69. The van der Waals surface area contributed by atoms with Crippen molar-refractivity contribution in [3.05, 3.63) is 18.0 Å². The molecule has 0 aromatic carbocycles. The minimum Gasteiger partial charge on any atom is -0.300 e. The van der Waals surface area contributed by atoms with Gasteiger partial charge in [-0.1, -0.05) is 26.2 Å². The minimum atomic E-state index is 0.272. The lowest BCUT2D eigenvalue weighted by Crippen LogP contribution is -2.14. The Labute approximate surface area is 110 Å². The highest BCUT2D eigenvalue weighted by Gasteiger charge is 2.16. The van der Waals surface area contributed by atoms with Gasteiger partial charge in [0.2, 0.25) is 0 Å². The van der Waals surface area contributed by atoms with Crippen LogP contribution < -0.4 is 0 Å². The van der Waals surface area contributed by atoms with Crippen LogP contribution in [0, 0.1) is 5.92 Å². The molecule has 3 nitrogen and oxygen atoms in total. The molecule has 0 bridgehead atoms. The van der Waals surface area contributed by atoms with Crippen molar-refractivity contribution >= 4 is 5.78 Å². The van der Waals surface area contributed by atoms with E-state index in [4.69, 9.17) is 0 Å². The summed E-state index contributed by atoms with van der Waals surface area (Å²) in [6, 6.07) is 2.72. The Hall–Kier alpha value is -1.12. The molecule has 0 aliphatic heterocycles. The number of aromatic nitrogens is 2. The molecule has 1 aliphatic rings. The second-order valence-electron chi connectivity index (χ2n) is 5.79. The van der Waals surface area contributed by atoms with Crippen molar-refractivity contribution in [2.24, 2.45) is 5.92 Å². The third kappa shape index (κ3) is 3.69. The van der Waals surface area contributed by atoms with Gasteiger partial charge in [0.15, 0.2) is 0 Å². The maximum absolute atomic E-state index is 11.1. The standard InChI is InChI=1S/C15H24N2O/c1-12(10-13(2)18)11-14-8-9-17(16-14)15-6-4-3-5-7-15/h8-9,12,15H,3-7,10-11H2,1-2H3. The van der Waals surface area contributed by atoms with Gasteiger partial charge in [0, 0.05) is 12.6 Å². The first-order chi connectivity index (χ1) is 8.65. The van der Waals surface area contributed by atoms with Gasteiger partial charge in [-0.15, -0.1) is 0 Å². The van der Waals surface area contributed by atoms with Gasteiger partial charge in [-0.2, -0.15) is 5.10 Å². The molecule has 0 radical (unpaired) electrons. The zero-order chi connectivity index (χ0) is 13.0. The van der Waals surface area contributed by atoms with Crippen molar-refractivity contribution in [2.45, 2.75) is 64.8 Å². The third-order valence-electron chi connectivity index (χ3n) is 3.81. The van der Waals surface area contributed by atoms with Gasteiger partial charge < -0.3 is 4.79 Å². The van der Waals surface area contributed by atoms with Gasteiger partial charge in [0.1, 0.15) is 5.78 Å². The van der Waals surface area contributed by atoms with E-state index in [1.807, 2.05) is 0 Å². The van der Waals surface area contributed by atoms with Crippen LogP contribution in [-0.2, 0) is 11.2 Å². The molecule has 1 unspecified atom stereocenters. The fourth-order valence-electron chi connectivity index (χ4n) is 2.96. The largest absolute Gasteiger partial charge is 0.300 e. The van der Waals surface area contributed by atoms with Crippen LogP contribution in [0.5, 0.6) is 0 Å². The van der Waals surface area contributed by atoms with Crippen molar-refractivity contribution in [2.75, 3.05) is 0 Å². The van der Waals surface area contributed by atoms with E-state index in [0.29, 0.717) is 18.4 Å². The van der Waals surface area contributed by atoms with Gasteiger partial charge in [-0.25, -0.2) is 0 Å². The molecule has 1 fully saturated rings. The molecule has 2 rings (SSSR count). The Morgan fingerprint density at radius 3 is 2.83 bits per heavy atom. The zero-order valence-corrected chi connectivity index (χ0v) is 11.6. The molecule has 0 saturated heterocycles. The quantitative estimate of drug-likeness (QED) is 0.798. The number of Topliss-reactive ketones (excluding diaryl/α,β-unsaturated/α-hetero) is 1. The lowest BCUT2D eigenvalue weighted by Gasteiger charge is -2.21. The van der Waals surface area contributed by atoms with Crippen LogP contribution in [0.4, 0.5) is 0 Å². The van der Waals surface area contributed by atoms with Crippen LogP contribution in [-0.4, -0.2) is 15.6 Å². The Kier molecular flexibility index (Phi) is 4.56. The van der Waals surface area contributed by atoms with Crippen molar-refractivity contribution < 1.29 is 4.79 Å². The highest BCUT2D eigenvalue weighted by Crippen LogP contribution is 2.27. The zero-order valence-electron chi connectivity index (χ0n) is 11.6. The molecular weight excluding hydrogens is 224 g/mol. The maximum Gasteiger partial charge on any atom is 0.130 e. The lowest BCUT2D eigenvalue weighted by molar-refractivity contribution is -0.117. The molecule has 100 valence electrons. The highest BCUT2D eigenvalue weighted by atomic mass is 16.1. The molecule has 0 N–H and O–H groups in total. The normalized spacial score (nSPS) is 18.8. The van der Waals surface area contributed by atoms with Crippen LogP contribution in [0.15, 0.2) is 12.3 Å². The molecule has 1 aliphatic carbocycles. The number of ketones is 1. The summed E-state index contributed by atoms with van der Waals surface area (Å²) in [5.74, 6) is 0.673. The molecule has 3 heteroatoms. The number of hydrogen-bond acceptors (Lipinski definition) is 2. The number of carbonyl (C=O) groups is 1. The summed E-state index contributed by atoms with van der Waals surface area (Å²) in [7, 11) is 0. The summed E-state index contributed by atoms with van der Waals surface area (Å²) in [5.41, 5.74) is 1.13. The monoisotopic (exact) mass is 248 g/mol. The predicted molar refractivity (Wildman–Crippen MR) is 72.5 cm³/mol. The van der Waals surface area contributed by atoms with Gasteiger partial charge >= 0.3 is 0 Å². The van der Waals surface area contributed by atoms with Crippen LogP contribution >= 0.6 is 0 Å². The molecule has 1 aromatic heterocycles. The maximum atomic E-state index is 11.1. The first kappa shape index (κ1) is 13.3. The Balaban J connectivity index is 1.91. The molecular formula is C15H24N2O. The van der Waals surface area contributed by atoms with E-state index in [9.17, 15) is 4.79 Å². The number of nitrogens with zero attached hydrogens (tertiary/aromatic N) is 2. The molecule has 1 saturated carbocycles. The fourth-order valence-corrected chi connectivity index (χ4v) is 2.96. The SMILES string of the molecule is CC(=O)CC(C)Cc1ccn(C2CCCCC2)n1. The van der Waals surface area contributed by atoms with Gasteiger partial charge in [0.25, 0.3) is 0 Å². The second-order valence-corrected chi connectivity index (χ2v) is 5.79. The van der Waals surface area contributed by atoms with Gasteiger partial charge in [0.05, 0.1) is 11.7 Å². The van der Waals surface area contributed by atoms with Crippen LogP contribution in [0.3, 0.4) is 0 Å². The summed E-state index contributed by atoms with van der Waals surface area (Å²) >= 11 is 0. The summed E-state index contributed by atoms with van der Waals surface area (Å²) < 4.78 is 2.15. The van der Waals surface area contributed by atoms with E-state index < -0.39 is 0 Å². The van der Waals surface area contributed by atoms with Gasteiger partial charge in [-0.3, -0.25) is 4.68 Å². The van der Waals surface area contributed by atoms with E-state index in [0.717, 1.165) is 12.1 Å². The number of hydrogen-bond donors (Lipinski definition) is 0. The Morgan fingerprint density at radius 2 is 2.17 bits per heavy atom. The predicted octanol–water partition coefficient (Wildman–Crippen LogP) is 3.55. The lowest BCUT2D eigenvalue weighted by atomic mass is 9.96. The van der Waals surface area contributed by atoms with E-state index in [1.54, 1.807) is 6.92 Å². The average Bonchev–Trinajstić information content (AvgIpc) is 2.77. The second kappa shape index (κ2) is 6.17. The van der Waals surface area contributed by atoms with Crippen LogP contribution in [0.1, 0.15) is 64.1 Å². The van der Waals surface area contributed by atoms with Crippen molar-refractivity contribution in [1.82, 2.24) is 9.78 Å². The molecule has 1 aromatic rings. The molecule has 1 heterocycles. The van der Waals surface area contributed by atoms with Crippen molar-refractivity contribution in [3.8, 4) is 0 Å². The highest BCUT2D eigenvalue weighted by molar-refractivity contribution is 5.75. The fraction of sp³-hybridized carbons (Fsp3) is 0.733. The summed E-state index contributed by atoms with van der Waals surface area (Å²) in [6.45, 7) is 3.79. The smallest absolute Gasteiger partial charge is 0.130 e. The van der Waals surface area contributed by atoms with E-state index in [-0.39, 0.29) is 5.78 Å². The van der Waals surface area contributed by atoms with Crippen LogP contribution in [0.2, 0.25) is 0 Å². The molecule has 0 amide bonds. The molecule has 18 heavy (non-hydrogen) atoms. The molecule has 0 spiro atoms. The van der Waals surface area contributed by atoms with E-state index >= 15 is 0 Å². The third-order valence-corrected chi connectivity index (χ3v) is 3.81. The average molecular weight is 248 g/mol. The van der Waals surface area contributed by atoms with Crippen molar-refractivity contribution in [1.29, 1.82) is 0 Å². The summed E-state index contributed by atoms with van der Waals surface area (Å²) in [6.07, 6.45) is 10.3. The number of rotatable bonds is 5.